The van der Waals surface area contributed by atoms with Crippen molar-refractivity contribution in [3.63, 3.8) is 0 Å². The molecule has 106 valence electrons. The van der Waals surface area contributed by atoms with Crippen molar-refractivity contribution in [1.82, 2.24) is 4.98 Å². The Balaban J connectivity index is 2.52. The molecule has 0 aliphatic heterocycles. The minimum atomic E-state index is -4.49. The van der Waals surface area contributed by atoms with E-state index in [2.05, 4.69) is 4.98 Å². The van der Waals surface area contributed by atoms with Crippen molar-refractivity contribution in [1.29, 1.82) is 5.26 Å². The predicted molar refractivity (Wildman–Crippen MR) is 74.2 cm³/mol. The molecule has 1 aromatic carbocycles. The van der Waals surface area contributed by atoms with Gasteiger partial charge in [-0.05, 0) is 29.8 Å². The van der Waals surface area contributed by atoms with E-state index in [0.29, 0.717) is 5.02 Å². The van der Waals surface area contributed by atoms with Gasteiger partial charge < -0.3 is 0 Å². The average molecular weight is 309 g/mol. The number of halogens is 4. The maximum absolute atomic E-state index is 12.9. The van der Waals surface area contributed by atoms with Gasteiger partial charge in [-0.3, -0.25) is 4.98 Å². The Kier molecular flexibility index (Phi) is 4.29. The van der Waals surface area contributed by atoms with Crippen LogP contribution in [-0.2, 0) is 6.18 Å². The van der Waals surface area contributed by atoms with Gasteiger partial charge in [-0.2, -0.15) is 18.4 Å². The van der Waals surface area contributed by atoms with E-state index in [4.69, 9.17) is 16.9 Å². The molecule has 0 spiro atoms. The summed E-state index contributed by atoms with van der Waals surface area (Å²) in [6, 6.07) is 9.90. The van der Waals surface area contributed by atoms with Crippen LogP contribution >= 0.6 is 11.6 Å². The lowest BCUT2D eigenvalue weighted by atomic mass is 10.0. The van der Waals surface area contributed by atoms with Crippen LogP contribution in [0.15, 0.2) is 42.6 Å². The number of alkyl halides is 3. The van der Waals surface area contributed by atoms with Crippen molar-refractivity contribution in [3.05, 3.63) is 64.4 Å². The third-order valence-electron chi connectivity index (χ3n) is 2.69. The van der Waals surface area contributed by atoms with Crippen molar-refractivity contribution < 1.29 is 13.2 Å². The first kappa shape index (κ1) is 15.1. The molecular weight excluding hydrogens is 301 g/mol. The third kappa shape index (κ3) is 3.61. The molecule has 21 heavy (non-hydrogen) atoms. The molecule has 2 aromatic rings. The highest BCUT2D eigenvalue weighted by Gasteiger charge is 2.32. The Bertz CT molecular complexity index is 713. The smallest absolute Gasteiger partial charge is 0.254 e. The molecule has 0 saturated carbocycles. The largest absolute Gasteiger partial charge is 0.416 e. The molecule has 0 unspecified atom stereocenters. The summed E-state index contributed by atoms with van der Waals surface area (Å²) < 4.78 is 38.7. The highest BCUT2D eigenvalue weighted by molar-refractivity contribution is 6.30. The Hall–Kier alpha value is -2.32. The van der Waals surface area contributed by atoms with Crippen molar-refractivity contribution in [3.8, 4) is 6.07 Å². The van der Waals surface area contributed by atoms with Crippen molar-refractivity contribution in [2.45, 2.75) is 6.18 Å². The minimum absolute atomic E-state index is 0.0309. The summed E-state index contributed by atoms with van der Waals surface area (Å²) in [6.45, 7) is 0. The average Bonchev–Trinajstić information content (AvgIpc) is 2.45. The Labute approximate surface area is 124 Å². The van der Waals surface area contributed by atoms with E-state index in [0.717, 1.165) is 6.07 Å². The van der Waals surface area contributed by atoms with Gasteiger partial charge in [0.05, 0.1) is 21.9 Å². The van der Waals surface area contributed by atoms with Crippen LogP contribution in [0.2, 0.25) is 5.02 Å². The summed E-state index contributed by atoms with van der Waals surface area (Å²) in [5, 5.41) is 9.51. The maximum atomic E-state index is 12.9. The summed E-state index contributed by atoms with van der Waals surface area (Å²) in [4.78, 5) is 3.93. The van der Waals surface area contributed by atoms with Gasteiger partial charge in [0.1, 0.15) is 6.07 Å². The van der Waals surface area contributed by atoms with Gasteiger partial charge >= 0.3 is 6.18 Å². The van der Waals surface area contributed by atoms with Crippen LogP contribution in [0, 0.1) is 11.3 Å². The van der Waals surface area contributed by atoms with Crippen LogP contribution in [0.5, 0.6) is 0 Å². The van der Waals surface area contributed by atoms with Crippen LogP contribution in [0.25, 0.3) is 11.6 Å². The number of rotatable bonds is 2. The first-order chi connectivity index (χ1) is 9.91. The number of hydrogen-bond acceptors (Lipinski definition) is 2. The number of benzene rings is 1. The molecule has 0 fully saturated rings. The zero-order valence-electron chi connectivity index (χ0n) is 10.5. The molecule has 6 heteroatoms. The van der Waals surface area contributed by atoms with Crippen molar-refractivity contribution >= 4 is 23.3 Å². The lowest BCUT2D eigenvalue weighted by Gasteiger charge is -2.10. The first-order valence-corrected chi connectivity index (χ1v) is 6.19. The molecule has 0 aliphatic rings. The molecule has 1 aromatic heterocycles. The van der Waals surface area contributed by atoms with Crippen LogP contribution in [0.3, 0.4) is 0 Å². The van der Waals surface area contributed by atoms with Gasteiger partial charge in [0.15, 0.2) is 0 Å². The van der Waals surface area contributed by atoms with Crippen LogP contribution in [0.1, 0.15) is 16.8 Å². The molecule has 1 heterocycles. The summed E-state index contributed by atoms with van der Waals surface area (Å²) in [6.07, 6.45) is -1.99. The quantitative estimate of drug-likeness (QED) is 0.746. The van der Waals surface area contributed by atoms with Gasteiger partial charge in [-0.15, -0.1) is 0 Å². The zero-order chi connectivity index (χ0) is 15.5. The molecule has 0 N–H and O–H groups in total. The SMILES string of the molecule is N#C/C(=C\c1ccccc1C(F)(F)F)c1ccc(Cl)cn1. The normalized spacial score (nSPS) is 12.0. The molecule has 0 amide bonds. The molecule has 0 bridgehead atoms. The lowest BCUT2D eigenvalue weighted by molar-refractivity contribution is -0.137. The number of nitrogens with zero attached hydrogens (tertiary/aromatic N) is 2. The molecule has 0 saturated heterocycles. The second-order valence-corrected chi connectivity index (χ2v) is 4.55. The van der Waals surface area contributed by atoms with E-state index < -0.39 is 11.7 Å². The summed E-state index contributed by atoms with van der Waals surface area (Å²) in [5.41, 5.74) is -0.591. The number of hydrogen-bond donors (Lipinski definition) is 0. The summed E-state index contributed by atoms with van der Waals surface area (Å²) in [5.74, 6) is 0. The van der Waals surface area contributed by atoms with Crippen molar-refractivity contribution in [2.75, 3.05) is 0 Å². The first-order valence-electron chi connectivity index (χ1n) is 5.82. The number of nitriles is 1. The van der Waals surface area contributed by atoms with Crippen molar-refractivity contribution in [2.24, 2.45) is 0 Å². The zero-order valence-corrected chi connectivity index (χ0v) is 11.3. The number of aromatic nitrogens is 1. The van der Waals surface area contributed by atoms with E-state index in [1.165, 1.54) is 42.6 Å². The maximum Gasteiger partial charge on any atom is 0.416 e. The van der Waals surface area contributed by atoms with E-state index >= 15 is 0 Å². The van der Waals surface area contributed by atoms with Crippen LogP contribution in [-0.4, -0.2) is 4.98 Å². The molecule has 2 nitrogen and oxygen atoms in total. The highest BCUT2D eigenvalue weighted by atomic mass is 35.5. The Morgan fingerprint density at radius 2 is 1.90 bits per heavy atom. The molecule has 2 rings (SSSR count). The number of pyridine rings is 1. The van der Waals surface area contributed by atoms with Gasteiger partial charge in [-0.25, -0.2) is 0 Å². The minimum Gasteiger partial charge on any atom is -0.254 e. The van der Waals surface area contributed by atoms with Crippen LogP contribution in [0.4, 0.5) is 13.2 Å². The standard InChI is InChI=1S/C15H8ClF3N2/c16-12-5-6-14(21-9-12)11(8-20)7-10-3-1-2-4-13(10)15(17,18)19/h1-7,9H/b11-7+. The third-order valence-corrected chi connectivity index (χ3v) is 2.91. The molecule has 0 atom stereocenters. The Morgan fingerprint density at radius 3 is 2.48 bits per heavy atom. The van der Waals surface area contributed by atoms with E-state index in [1.54, 1.807) is 0 Å². The lowest BCUT2D eigenvalue weighted by Crippen LogP contribution is -2.07. The van der Waals surface area contributed by atoms with E-state index in [1.807, 2.05) is 6.07 Å². The second kappa shape index (κ2) is 5.98. The second-order valence-electron chi connectivity index (χ2n) is 4.12. The fraction of sp³-hybridized carbons (Fsp3) is 0.0667. The highest BCUT2D eigenvalue weighted by Crippen LogP contribution is 2.33. The van der Waals surface area contributed by atoms with Crippen LogP contribution < -0.4 is 0 Å². The summed E-state index contributed by atoms with van der Waals surface area (Å²) in [7, 11) is 0. The summed E-state index contributed by atoms with van der Waals surface area (Å²) >= 11 is 5.69. The van der Waals surface area contributed by atoms with E-state index in [9.17, 15) is 13.2 Å². The van der Waals surface area contributed by atoms with Gasteiger partial charge in [0.2, 0.25) is 0 Å². The monoisotopic (exact) mass is 308 g/mol. The fourth-order valence-corrected chi connectivity index (χ4v) is 1.85. The Morgan fingerprint density at radius 1 is 1.19 bits per heavy atom. The topological polar surface area (TPSA) is 36.7 Å². The van der Waals surface area contributed by atoms with Gasteiger partial charge in [-0.1, -0.05) is 29.8 Å². The molecule has 0 aliphatic carbocycles. The molecule has 0 radical (unpaired) electrons. The van der Waals surface area contributed by atoms with Gasteiger partial charge in [0.25, 0.3) is 0 Å². The fourth-order valence-electron chi connectivity index (χ4n) is 1.74. The number of allylic oxidation sites excluding steroid dienone is 1. The molecular formula is C15H8ClF3N2. The van der Waals surface area contributed by atoms with Gasteiger partial charge in [0, 0.05) is 6.20 Å². The predicted octanol–water partition coefficient (Wildman–Crippen LogP) is 4.82. The van der Waals surface area contributed by atoms with E-state index in [-0.39, 0.29) is 16.8 Å².